The zero-order valence-corrected chi connectivity index (χ0v) is 13.1. The van der Waals surface area contributed by atoms with Crippen LogP contribution in [0, 0.1) is 5.41 Å². The highest BCUT2D eigenvalue weighted by Crippen LogP contribution is 2.25. The Hall–Kier alpha value is -1.36. The highest BCUT2D eigenvalue weighted by atomic mass is 35.5. The van der Waals surface area contributed by atoms with Crippen molar-refractivity contribution in [3.8, 4) is 5.75 Å². The number of carbonyl (C=O) groups excluding carboxylic acids is 1. The Labute approximate surface area is 128 Å². The zero-order valence-electron chi connectivity index (χ0n) is 12.3. The predicted octanol–water partition coefficient (Wildman–Crippen LogP) is 4.06. The van der Waals surface area contributed by atoms with Gasteiger partial charge in [0.15, 0.2) is 0 Å². The Bertz CT molecular complexity index is 475. The third-order valence-electron chi connectivity index (χ3n) is 3.10. The minimum absolute atomic E-state index is 0.0848. The van der Waals surface area contributed by atoms with Crippen LogP contribution in [0.4, 0.5) is 8.78 Å². The fourth-order valence-electron chi connectivity index (χ4n) is 1.92. The van der Waals surface area contributed by atoms with Gasteiger partial charge in [-0.05, 0) is 24.0 Å². The molecule has 0 aliphatic carbocycles. The van der Waals surface area contributed by atoms with Gasteiger partial charge in [0, 0.05) is 11.9 Å². The van der Waals surface area contributed by atoms with Crippen LogP contribution in [0.25, 0.3) is 0 Å². The van der Waals surface area contributed by atoms with Crippen LogP contribution in [0.3, 0.4) is 0 Å². The first kappa shape index (κ1) is 17.7. The van der Waals surface area contributed by atoms with Crippen LogP contribution >= 0.6 is 11.6 Å². The van der Waals surface area contributed by atoms with Crippen molar-refractivity contribution in [3.05, 3.63) is 29.8 Å². The van der Waals surface area contributed by atoms with Crippen LogP contribution in [0.1, 0.15) is 37.6 Å². The fourth-order valence-corrected chi connectivity index (χ4v) is 2.14. The quantitative estimate of drug-likeness (QED) is 0.803. The molecule has 0 spiro atoms. The van der Waals surface area contributed by atoms with Crippen molar-refractivity contribution < 1.29 is 18.3 Å². The molecular formula is C15H20ClF2NO2. The second-order valence-corrected chi connectivity index (χ2v) is 6.12. The van der Waals surface area contributed by atoms with E-state index in [1.165, 1.54) is 18.2 Å². The van der Waals surface area contributed by atoms with Crippen LogP contribution in [0.5, 0.6) is 5.75 Å². The zero-order chi connectivity index (χ0) is 16.0. The van der Waals surface area contributed by atoms with Gasteiger partial charge in [-0.3, -0.25) is 4.79 Å². The van der Waals surface area contributed by atoms with Crippen molar-refractivity contribution in [2.24, 2.45) is 5.41 Å². The molecule has 0 saturated heterocycles. The first-order valence-corrected chi connectivity index (χ1v) is 7.20. The largest absolute Gasteiger partial charge is 0.434 e. The van der Waals surface area contributed by atoms with Gasteiger partial charge in [-0.15, -0.1) is 11.6 Å². The monoisotopic (exact) mass is 319 g/mol. The van der Waals surface area contributed by atoms with Crippen LogP contribution in [0.2, 0.25) is 0 Å². The maximum Gasteiger partial charge on any atom is 0.387 e. The number of alkyl halides is 3. The van der Waals surface area contributed by atoms with E-state index in [1.807, 2.05) is 20.8 Å². The number of amides is 1. The van der Waals surface area contributed by atoms with Crippen molar-refractivity contribution in [1.29, 1.82) is 0 Å². The highest BCUT2D eigenvalue weighted by molar-refractivity contribution is 6.17. The summed E-state index contributed by atoms with van der Waals surface area (Å²) in [6.45, 7) is 2.96. The van der Waals surface area contributed by atoms with E-state index in [2.05, 4.69) is 10.1 Å². The molecule has 1 unspecified atom stereocenters. The maximum atomic E-state index is 12.4. The first-order chi connectivity index (χ1) is 9.75. The SMILES string of the molecule is CC(C)(C)C(CCCl)NC(=O)c1ccccc1OC(F)F. The van der Waals surface area contributed by atoms with E-state index in [-0.39, 0.29) is 22.8 Å². The lowest BCUT2D eigenvalue weighted by Crippen LogP contribution is -2.44. The van der Waals surface area contributed by atoms with Gasteiger partial charge < -0.3 is 10.1 Å². The van der Waals surface area contributed by atoms with E-state index >= 15 is 0 Å². The minimum atomic E-state index is -2.97. The average Bonchev–Trinajstić information content (AvgIpc) is 2.37. The number of benzene rings is 1. The van der Waals surface area contributed by atoms with Crippen molar-refractivity contribution >= 4 is 17.5 Å². The van der Waals surface area contributed by atoms with Gasteiger partial charge in [0.05, 0.1) is 5.56 Å². The lowest BCUT2D eigenvalue weighted by molar-refractivity contribution is -0.0501. The van der Waals surface area contributed by atoms with E-state index in [1.54, 1.807) is 6.07 Å². The number of ether oxygens (including phenoxy) is 1. The number of carbonyl (C=O) groups is 1. The maximum absolute atomic E-state index is 12.4. The number of hydrogen-bond acceptors (Lipinski definition) is 2. The normalized spacial score (nSPS) is 13.1. The lowest BCUT2D eigenvalue weighted by Gasteiger charge is -2.31. The predicted molar refractivity (Wildman–Crippen MR) is 79.1 cm³/mol. The van der Waals surface area contributed by atoms with Crippen LogP contribution in [0.15, 0.2) is 24.3 Å². The van der Waals surface area contributed by atoms with E-state index < -0.39 is 12.5 Å². The summed E-state index contributed by atoms with van der Waals surface area (Å²) in [4.78, 5) is 12.3. The summed E-state index contributed by atoms with van der Waals surface area (Å²) in [5, 5.41) is 2.84. The van der Waals surface area contributed by atoms with Crippen molar-refractivity contribution in [2.75, 3.05) is 5.88 Å². The first-order valence-electron chi connectivity index (χ1n) is 6.66. The standard InChI is InChI=1S/C15H20ClF2NO2/c1-15(2,3)12(8-9-16)19-13(20)10-6-4-5-7-11(10)21-14(17)18/h4-7,12,14H,8-9H2,1-3H3,(H,19,20). The molecule has 1 aromatic carbocycles. The third kappa shape index (κ3) is 5.50. The number of halogens is 3. The molecule has 3 nitrogen and oxygen atoms in total. The number of nitrogens with one attached hydrogen (secondary N) is 1. The molecule has 0 saturated carbocycles. The molecule has 21 heavy (non-hydrogen) atoms. The number of para-hydroxylation sites is 1. The molecule has 1 N–H and O–H groups in total. The molecule has 1 amide bonds. The molecular weight excluding hydrogens is 300 g/mol. The molecule has 0 aliphatic rings. The summed E-state index contributed by atoms with van der Waals surface area (Å²) < 4.78 is 29.1. The minimum Gasteiger partial charge on any atom is -0.434 e. The van der Waals surface area contributed by atoms with Crippen LogP contribution in [-0.4, -0.2) is 24.4 Å². The van der Waals surface area contributed by atoms with Crippen molar-refractivity contribution in [1.82, 2.24) is 5.32 Å². The van der Waals surface area contributed by atoms with Gasteiger partial charge in [-0.25, -0.2) is 0 Å². The molecule has 6 heteroatoms. The summed E-state index contributed by atoms with van der Waals surface area (Å²) in [5.41, 5.74) is -0.107. The van der Waals surface area contributed by atoms with E-state index in [0.717, 1.165) is 0 Å². The van der Waals surface area contributed by atoms with Gasteiger partial charge in [0.2, 0.25) is 0 Å². The van der Waals surface area contributed by atoms with Crippen LogP contribution in [-0.2, 0) is 0 Å². The number of rotatable bonds is 6. The summed E-state index contributed by atoms with van der Waals surface area (Å²) in [6.07, 6.45) is 0.592. The van der Waals surface area contributed by atoms with Gasteiger partial charge in [0.25, 0.3) is 5.91 Å². The lowest BCUT2D eigenvalue weighted by atomic mass is 9.85. The van der Waals surface area contributed by atoms with E-state index in [9.17, 15) is 13.6 Å². The van der Waals surface area contributed by atoms with Crippen molar-refractivity contribution in [3.63, 3.8) is 0 Å². The van der Waals surface area contributed by atoms with Crippen LogP contribution < -0.4 is 10.1 Å². The summed E-state index contributed by atoms with van der Waals surface area (Å²) in [6, 6.07) is 5.76. The van der Waals surface area contributed by atoms with Gasteiger partial charge in [-0.1, -0.05) is 32.9 Å². The summed E-state index contributed by atoms with van der Waals surface area (Å²) in [5.74, 6) is -0.183. The molecule has 0 fully saturated rings. The molecule has 0 aliphatic heterocycles. The smallest absolute Gasteiger partial charge is 0.387 e. The summed E-state index contributed by atoms with van der Waals surface area (Å²) in [7, 11) is 0. The Morgan fingerprint density at radius 2 is 1.95 bits per heavy atom. The third-order valence-corrected chi connectivity index (χ3v) is 3.31. The molecule has 118 valence electrons. The molecule has 1 aromatic rings. The van der Waals surface area contributed by atoms with Gasteiger partial charge in [-0.2, -0.15) is 8.78 Å². The Balaban J connectivity index is 2.92. The molecule has 1 atom stereocenters. The van der Waals surface area contributed by atoms with Gasteiger partial charge in [0.1, 0.15) is 5.75 Å². The fraction of sp³-hybridized carbons (Fsp3) is 0.533. The molecule has 0 heterocycles. The highest BCUT2D eigenvalue weighted by Gasteiger charge is 2.27. The second kappa shape index (κ2) is 7.59. The molecule has 0 bridgehead atoms. The van der Waals surface area contributed by atoms with E-state index in [0.29, 0.717) is 12.3 Å². The molecule has 1 rings (SSSR count). The topological polar surface area (TPSA) is 38.3 Å². The second-order valence-electron chi connectivity index (χ2n) is 5.74. The molecule has 0 radical (unpaired) electrons. The van der Waals surface area contributed by atoms with E-state index in [4.69, 9.17) is 11.6 Å². The Morgan fingerprint density at radius 3 is 2.48 bits per heavy atom. The Kier molecular flexibility index (Phi) is 6.40. The Morgan fingerprint density at radius 1 is 1.33 bits per heavy atom. The molecule has 0 aromatic heterocycles. The number of hydrogen-bond donors (Lipinski definition) is 1. The van der Waals surface area contributed by atoms with Crippen molar-refractivity contribution in [2.45, 2.75) is 39.8 Å². The summed E-state index contributed by atoms with van der Waals surface area (Å²) >= 11 is 5.76. The van der Waals surface area contributed by atoms with Gasteiger partial charge >= 0.3 is 6.61 Å². The average molecular weight is 320 g/mol.